The summed E-state index contributed by atoms with van der Waals surface area (Å²) >= 11 is 1.65. The van der Waals surface area contributed by atoms with Crippen LogP contribution in [0.2, 0.25) is 0 Å². The molecule has 3 nitrogen and oxygen atoms in total. The smallest absolute Gasteiger partial charge is 0.237 e. The Morgan fingerprint density at radius 1 is 1.00 bits per heavy atom. The second kappa shape index (κ2) is 8.64. The molecular formula is C27H26N2OS. The first-order valence-corrected chi connectivity index (χ1v) is 11.8. The SMILES string of the molecule is Cc1cccc(Cn2cc(SCC(=O)N3CCCc4ccccc43)c3ccccc32)c1. The Kier molecular flexibility index (Phi) is 5.56. The average Bonchev–Trinajstić information content (AvgIpc) is 3.14. The number of para-hydroxylation sites is 2. The maximum absolute atomic E-state index is 13.1. The Morgan fingerprint density at radius 2 is 1.84 bits per heavy atom. The van der Waals surface area contributed by atoms with E-state index in [0.717, 1.165) is 31.6 Å². The highest BCUT2D eigenvalue weighted by Gasteiger charge is 2.22. The number of thioether (sulfide) groups is 1. The maximum Gasteiger partial charge on any atom is 0.237 e. The molecule has 0 fully saturated rings. The Hall–Kier alpha value is -2.98. The van der Waals surface area contributed by atoms with E-state index in [1.54, 1.807) is 11.8 Å². The molecule has 0 bridgehead atoms. The Bertz CT molecular complexity index is 1240. The van der Waals surface area contributed by atoms with E-state index in [-0.39, 0.29) is 5.91 Å². The minimum absolute atomic E-state index is 0.188. The lowest BCUT2D eigenvalue weighted by atomic mass is 10.0. The number of amides is 1. The van der Waals surface area contributed by atoms with Crippen LogP contribution in [0.25, 0.3) is 10.9 Å². The van der Waals surface area contributed by atoms with Crippen LogP contribution in [0.3, 0.4) is 0 Å². The number of hydrogen-bond donors (Lipinski definition) is 0. The summed E-state index contributed by atoms with van der Waals surface area (Å²) in [5.41, 5.74) is 6.14. The van der Waals surface area contributed by atoms with Gasteiger partial charge in [0.1, 0.15) is 0 Å². The van der Waals surface area contributed by atoms with Gasteiger partial charge in [-0.25, -0.2) is 0 Å². The first-order valence-electron chi connectivity index (χ1n) is 10.8. The molecule has 0 atom stereocenters. The third-order valence-electron chi connectivity index (χ3n) is 5.95. The third kappa shape index (κ3) is 4.13. The highest BCUT2D eigenvalue weighted by molar-refractivity contribution is 8.00. The van der Waals surface area contributed by atoms with Gasteiger partial charge in [0.15, 0.2) is 0 Å². The normalized spacial score (nSPS) is 13.4. The maximum atomic E-state index is 13.1. The van der Waals surface area contributed by atoms with Crippen molar-refractivity contribution in [1.82, 2.24) is 4.57 Å². The number of fused-ring (bicyclic) bond motifs is 2. The van der Waals surface area contributed by atoms with Crippen LogP contribution in [0.15, 0.2) is 83.9 Å². The fourth-order valence-electron chi connectivity index (χ4n) is 4.48. The van der Waals surface area contributed by atoms with Gasteiger partial charge in [-0.2, -0.15) is 0 Å². The molecule has 0 saturated heterocycles. The molecule has 1 amide bonds. The largest absolute Gasteiger partial charge is 0.342 e. The number of benzene rings is 3. The van der Waals surface area contributed by atoms with Gasteiger partial charge < -0.3 is 9.47 Å². The Balaban J connectivity index is 1.37. The van der Waals surface area contributed by atoms with Crippen molar-refractivity contribution in [2.45, 2.75) is 31.2 Å². The molecule has 3 aromatic carbocycles. The summed E-state index contributed by atoms with van der Waals surface area (Å²) in [6.45, 7) is 3.77. The number of anilines is 1. The van der Waals surface area contributed by atoms with Gasteiger partial charge in [0.25, 0.3) is 0 Å². The molecule has 1 aromatic heterocycles. The molecule has 1 aliphatic heterocycles. The molecule has 31 heavy (non-hydrogen) atoms. The molecule has 0 spiro atoms. The van der Waals surface area contributed by atoms with Crippen LogP contribution in [0.1, 0.15) is 23.1 Å². The fraction of sp³-hybridized carbons (Fsp3) is 0.222. The second-order valence-electron chi connectivity index (χ2n) is 8.19. The van der Waals surface area contributed by atoms with Gasteiger partial charge in [-0.3, -0.25) is 4.79 Å². The number of nitrogens with zero attached hydrogens (tertiary/aromatic N) is 2. The van der Waals surface area contributed by atoms with Crippen molar-refractivity contribution in [1.29, 1.82) is 0 Å². The molecule has 0 N–H and O–H groups in total. The van der Waals surface area contributed by atoms with Crippen molar-refractivity contribution in [2.75, 3.05) is 17.2 Å². The topological polar surface area (TPSA) is 25.2 Å². The van der Waals surface area contributed by atoms with Gasteiger partial charge in [-0.15, -0.1) is 11.8 Å². The van der Waals surface area contributed by atoms with E-state index >= 15 is 0 Å². The summed E-state index contributed by atoms with van der Waals surface area (Å²) in [7, 11) is 0. The number of carbonyl (C=O) groups excluding carboxylic acids is 1. The lowest BCUT2D eigenvalue weighted by molar-refractivity contribution is -0.116. The van der Waals surface area contributed by atoms with Crippen LogP contribution in [-0.4, -0.2) is 22.8 Å². The molecule has 5 rings (SSSR count). The number of aryl methyl sites for hydroxylation is 2. The molecule has 4 aromatic rings. The number of aromatic nitrogens is 1. The van der Waals surface area contributed by atoms with Crippen molar-refractivity contribution in [3.63, 3.8) is 0 Å². The van der Waals surface area contributed by atoms with Crippen LogP contribution in [-0.2, 0) is 17.8 Å². The molecule has 156 valence electrons. The van der Waals surface area contributed by atoms with Gasteiger partial charge in [0, 0.05) is 40.8 Å². The van der Waals surface area contributed by atoms with Crippen LogP contribution in [0.4, 0.5) is 5.69 Å². The highest BCUT2D eigenvalue weighted by Crippen LogP contribution is 2.32. The summed E-state index contributed by atoms with van der Waals surface area (Å²) < 4.78 is 2.30. The second-order valence-corrected chi connectivity index (χ2v) is 9.21. The van der Waals surface area contributed by atoms with Crippen molar-refractivity contribution < 1.29 is 4.79 Å². The van der Waals surface area contributed by atoms with E-state index in [4.69, 9.17) is 0 Å². The third-order valence-corrected chi connectivity index (χ3v) is 6.98. The zero-order valence-electron chi connectivity index (χ0n) is 17.8. The van der Waals surface area contributed by atoms with Gasteiger partial charge in [0.05, 0.1) is 5.75 Å². The number of rotatable bonds is 5. The number of carbonyl (C=O) groups is 1. The molecule has 0 saturated carbocycles. The van der Waals surface area contributed by atoms with E-state index in [9.17, 15) is 4.79 Å². The molecule has 1 aliphatic rings. The monoisotopic (exact) mass is 426 g/mol. The van der Waals surface area contributed by atoms with Crippen LogP contribution in [0.5, 0.6) is 0 Å². The van der Waals surface area contributed by atoms with Crippen LogP contribution >= 0.6 is 11.8 Å². The standard InChI is InChI=1S/C27H26N2OS/c1-20-8-6-9-21(16-20)17-28-18-26(23-12-3-5-14-25(23)28)31-19-27(30)29-15-7-11-22-10-2-4-13-24(22)29/h2-6,8-10,12-14,16,18H,7,11,15,17,19H2,1H3. The van der Waals surface area contributed by atoms with E-state index < -0.39 is 0 Å². The predicted molar refractivity (Wildman–Crippen MR) is 130 cm³/mol. The minimum Gasteiger partial charge on any atom is -0.342 e. The molecule has 0 radical (unpaired) electrons. The van der Waals surface area contributed by atoms with Crippen LogP contribution in [0, 0.1) is 6.92 Å². The molecule has 0 aliphatic carbocycles. The lowest BCUT2D eigenvalue weighted by Gasteiger charge is -2.29. The van der Waals surface area contributed by atoms with E-state index in [1.807, 2.05) is 11.0 Å². The quantitative estimate of drug-likeness (QED) is 0.362. The zero-order chi connectivity index (χ0) is 21.2. The Morgan fingerprint density at radius 3 is 2.74 bits per heavy atom. The molecule has 0 unspecified atom stereocenters. The van der Waals surface area contributed by atoms with E-state index in [1.165, 1.54) is 32.5 Å². The van der Waals surface area contributed by atoms with Gasteiger partial charge in [-0.1, -0.05) is 66.2 Å². The van der Waals surface area contributed by atoms with Crippen LogP contribution < -0.4 is 4.90 Å². The summed E-state index contributed by atoms with van der Waals surface area (Å²) in [4.78, 5) is 16.2. The number of hydrogen-bond acceptors (Lipinski definition) is 2. The highest BCUT2D eigenvalue weighted by atomic mass is 32.2. The van der Waals surface area contributed by atoms with Crippen molar-refractivity contribution in [2.24, 2.45) is 0 Å². The minimum atomic E-state index is 0.188. The van der Waals surface area contributed by atoms with Crippen molar-refractivity contribution in [3.8, 4) is 0 Å². The molecule has 2 heterocycles. The summed E-state index contributed by atoms with van der Waals surface area (Å²) in [5, 5.41) is 1.21. The summed E-state index contributed by atoms with van der Waals surface area (Å²) in [6, 6.07) is 25.4. The summed E-state index contributed by atoms with van der Waals surface area (Å²) in [6.07, 6.45) is 4.29. The van der Waals surface area contributed by atoms with Crippen molar-refractivity contribution >= 4 is 34.3 Å². The lowest BCUT2D eigenvalue weighted by Crippen LogP contribution is -2.36. The Labute approximate surface area is 187 Å². The fourth-order valence-corrected chi connectivity index (χ4v) is 5.44. The first-order chi connectivity index (χ1) is 15.2. The average molecular weight is 427 g/mol. The van der Waals surface area contributed by atoms with E-state index in [0.29, 0.717) is 5.75 Å². The van der Waals surface area contributed by atoms with Gasteiger partial charge in [-0.05, 0) is 43.0 Å². The van der Waals surface area contributed by atoms with Gasteiger partial charge in [0.2, 0.25) is 5.91 Å². The first kappa shape index (κ1) is 20.0. The van der Waals surface area contributed by atoms with Gasteiger partial charge >= 0.3 is 0 Å². The van der Waals surface area contributed by atoms with E-state index in [2.05, 4.69) is 84.4 Å². The predicted octanol–water partition coefficient (Wildman–Crippen LogP) is 6.07. The molecular weight excluding hydrogens is 400 g/mol. The summed E-state index contributed by atoms with van der Waals surface area (Å²) in [5.74, 6) is 0.639. The van der Waals surface area contributed by atoms with Crippen molar-refractivity contribution in [3.05, 3.63) is 95.7 Å². The zero-order valence-corrected chi connectivity index (χ0v) is 18.6. The molecule has 4 heteroatoms.